The van der Waals surface area contributed by atoms with Crippen LogP contribution in [-0.4, -0.2) is 82.3 Å². The summed E-state index contributed by atoms with van der Waals surface area (Å²) in [6, 6.07) is 0. The molecule has 0 radical (unpaired) electrons. The largest absolute Gasteiger partial charge is 0.545 e. The van der Waals surface area contributed by atoms with Gasteiger partial charge in [-0.1, -0.05) is 391 Å². The van der Waals surface area contributed by atoms with E-state index in [2.05, 4.69) is 160 Å². The highest BCUT2D eigenvalue weighted by atomic mass is 16.7. The minimum Gasteiger partial charge on any atom is -0.545 e. The molecule has 0 aromatic heterocycles. The first kappa shape index (κ1) is 98.2. The first-order valence-electron chi connectivity index (χ1n) is 43.0. The van der Waals surface area contributed by atoms with Crippen LogP contribution in [0.25, 0.3) is 0 Å². The lowest BCUT2D eigenvalue weighted by Crippen LogP contribution is -2.44. The molecule has 0 N–H and O–H groups in total. The SMILES string of the molecule is CC/C=C\C/C=C\C/C=C\C/C=C\C/C=C\C/C=C\C/C=C\CCCCCCCCCCCCCCCCCCCC(=O)OC(COC(=O)CCCCCCCCCCCCCCCCCCCCCCCCC/C=C\C/C=C\C/C=C\C/C=C\C/C=C\CC)COC(OCC[N+](C)(C)C)C(=O)[O-]. The molecule has 0 saturated carbocycles. The van der Waals surface area contributed by atoms with Crippen molar-refractivity contribution in [2.45, 2.75) is 386 Å². The van der Waals surface area contributed by atoms with Crippen LogP contribution >= 0.6 is 0 Å². The predicted octanol–water partition coefficient (Wildman–Crippen LogP) is 26.8. The minimum absolute atomic E-state index is 0.146. The molecule has 0 rings (SSSR count). The van der Waals surface area contributed by atoms with E-state index in [1.807, 2.05) is 21.1 Å². The van der Waals surface area contributed by atoms with Gasteiger partial charge in [0.1, 0.15) is 13.2 Å². The lowest BCUT2D eigenvalue weighted by molar-refractivity contribution is -0.870. The van der Waals surface area contributed by atoms with Crippen LogP contribution in [0, 0.1) is 0 Å². The van der Waals surface area contributed by atoms with E-state index in [9.17, 15) is 19.5 Å². The van der Waals surface area contributed by atoms with Gasteiger partial charge >= 0.3 is 11.9 Å². The van der Waals surface area contributed by atoms with Crippen molar-refractivity contribution in [3.63, 3.8) is 0 Å². The van der Waals surface area contributed by atoms with Crippen molar-refractivity contribution in [3.05, 3.63) is 146 Å². The molecule has 590 valence electrons. The Kier molecular flexibility index (Phi) is 78.9. The van der Waals surface area contributed by atoms with Gasteiger partial charge in [0, 0.05) is 12.8 Å². The highest BCUT2D eigenvalue weighted by Crippen LogP contribution is 2.19. The molecule has 0 aliphatic carbocycles. The van der Waals surface area contributed by atoms with Crippen LogP contribution in [0.4, 0.5) is 0 Å². The maximum absolute atomic E-state index is 13.0. The summed E-state index contributed by atoms with van der Waals surface area (Å²) in [5.41, 5.74) is 0. The van der Waals surface area contributed by atoms with E-state index >= 15 is 0 Å². The van der Waals surface area contributed by atoms with Crippen molar-refractivity contribution in [1.82, 2.24) is 0 Å². The number of carbonyl (C=O) groups is 3. The summed E-state index contributed by atoms with van der Waals surface area (Å²) >= 11 is 0. The second kappa shape index (κ2) is 82.8. The van der Waals surface area contributed by atoms with Crippen LogP contribution in [0.15, 0.2) is 146 Å². The molecule has 0 aromatic carbocycles. The molecule has 0 spiro atoms. The Morgan fingerprint density at radius 2 is 0.524 bits per heavy atom. The molecule has 0 aromatic rings. The Hall–Kier alpha value is -4.83. The summed E-state index contributed by atoms with van der Waals surface area (Å²) in [5, 5.41) is 11.9. The Bertz CT molecular complexity index is 2220. The summed E-state index contributed by atoms with van der Waals surface area (Å²) in [7, 11) is 5.95. The van der Waals surface area contributed by atoms with Crippen LogP contribution in [0.1, 0.15) is 373 Å². The summed E-state index contributed by atoms with van der Waals surface area (Å²) in [6.45, 7) is 4.56. The number of ether oxygens (including phenoxy) is 4. The van der Waals surface area contributed by atoms with Crippen molar-refractivity contribution < 1.29 is 42.9 Å². The summed E-state index contributed by atoms with van der Waals surface area (Å²) in [5.74, 6) is -2.27. The van der Waals surface area contributed by atoms with E-state index < -0.39 is 24.3 Å². The number of carboxylic acid groups (broad SMARTS) is 1. The number of carboxylic acids is 1. The number of likely N-dealkylation sites (N-methyl/N-ethyl adjacent to an activating group) is 1. The monoisotopic (exact) mass is 1430 g/mol. The molecule has 103 heavy (non-hydrogen) atoms. The van der Waals surface area contributed by atoms with Crippen LogP contribution in [0.3, 0.4) is 0 Å². The second-order valence-corrected chi connectivity index (χ2v) is 29.7. The number of carbonyl (C=O) groups excluding carboxylic acids is 3. The second-order valence-electron chi connectivity index (χ2n) is 29.7. The first-order chi connectivity index (χ1) is 50.6. The average molecular weight is 1430 g/mol. The quantitative estimate of drug-likeness (QED) is 0.0195. The van der Waals surface area contributed by atoms with E-state index in [0.29, 0.717) is 23.9 Å². The zero-order valence-electron chi connectivity index (χ0n) is 67.7. The van der Waals surface area contributed by atoms with Gasteiger partial charge in [0.05, 0.1) is 40.3 Å². The van der Waals surface area contributed by atoms with Gasteiger partial charge in [0.25, 0.3) is 0 Å². The van der Waals surface area contributed by atoms with E-state index in [4.69, 9.17) is 18.9 Å². The van der Waals surface area contributed by atoms with Crippen molar-refractivity contribution in [3.8, 4) is 0 Å². The molecule has 0 bridgehead atoms. The standard InChI is InChI=1S/C94H161NO8/c1-6-8-10-12-14-16-18-20-22-24-26-28-30-32-34-36-38-40-42-44-46-48-50-52-54-56-58-60-62-64-66-68-70-72-74-76-78-80-82-84-91(96)101-88-90(89-102-94(93(98)99)100-87-86-95(3,4)5)103-92(97)85-83-81-79-77-75-73-71-69-67-65-63-61-59-57-55-53-51-49-47-45-43-41-39-37-35-33-31-29-27-25-23-21-19-17-15-13-11-9-7-2/h8-11,14-17,20-23,26-29,32-35,39,41,45,47,90,94H,6-7,12-13,18-19,24-25,30-31,36-38,40,42-44,46,48-89H2,1-5H3/b10-8-,11-9-,16-14-,17-15-,22-20-,23-21-,28-26-,29-27-,34-32-,35-33-,41-39-,47-45-. The first-order valence-corrected chi connectivity index (χ1v) is 43.0. The molecular formula is C94H161NO8. The number of unbranched alkanes of at least 4 members (excludes halogenated alkanes) is 40. The number of hydrogen-bond acceptors (Lipinski definition) is 8. The molecular weight excluding hydrogens is 1270 g/mol. The number of hydrogen-bond donors (Lipinski definition) is 0. The van der Waals surface area contributed by atoms with Crippen LogP contribution in [-0.2, 0) is 33.3 Å². The third kappa shape index (κ3) is 84.3. The summed E-state index contributed by atoms with van der Waals surface area (Å²) in [6.07, 6.45) is 118. The Balaban J connectivity index is 3.98. The molecule has 0 heterocycles. The smallest absolute Gasteiger partial charge is 0.306 e. The fourth-order valence-corrected chi connectivity index (χ4v) is 12.1. The van der Waals surface area contributed by atoms with E-state index in [0.717, 1.165) is 116 Å². The highest BCUT2D eigenvalue weighted by Gasteiger charge is 2.22. The number of rotatable bonds is 79. The third-order valence-corrected chi connectivity index (χ3v) is 18.6. The molecule has 0 aliphatic heterocycles. The summed E-state index contributed by atoms with van der Waals surface area (Å²) in [4.78, 5) is 37.7. The molecule has 9 heteroatoms. The number of allylic oxidation sites excluding steroid dienone is 24. The van der Waals surface area contributed by atoms with Gasteiger partial charge in [-0.15, -0.1) is 0 Å². The van der Waals surface area contributed by atoms with Gasteiger partial charge in [0.2, 0.25) is 0 Å². The van der Waals surface area contributed by atoms with E-state index in [-0.39, 0.29) is 32.2 Å². The molecule has 2 unspecified atom stereocenters. The fourth-order valence-electron chi connectivity index (χ4n) is 12.1. The van der Waals surface area contributed by atoms with Crippen molar-refractivity contribution in [1.29, 1.82) is 0 Å². The zero-order valence-corrected chi connectivity index (χ0v) is 67.7. The zero-order chi connectivity index (χ0) is 74.6. The maximum atomic E-state index is 13.0. The number of nitrogens with zero attached hydrogens (tertiary/aromatic N) is 1. The van der Waals surface area contributed by atoms with Gasteiger partial charge in [-0.3, -0.25) is 9.59 Å². The van der Waals surface area contributed by atoms with Gasteiger partial charge in [-0.25, -0.2) is 0 Å². The van der Waals surface area contributed by atoms with Crippen molar-refractivity contribution in [2.24, 2.45) is 0 Å². The molecule has 0 saturated heterocycles. The number of esters is 2. The molecule has 0 aliphatic rings. The number of aliphatic carboxylic acids is 1. The molecule has 9 nitrogen and oxygen atoms in total. The van der Waals surface area contributed by atoms with Gasteiger partial charge in [-0.2, -0.15) is 0 Å². The lowest BCUT2D eigenvalue weighted by atomic mass is 10.0. The van der Waals surface area contributed by atoms with Gasteiger partial charge in [-0.05, 0) is 116 Å². The summed E-state index contributed by atoms with van der Waals surface area (Å²) < 4.78 is 22.9. The maximum Gasteiger partial charge on any atom is 0.306 e. The van der Waals surface area contributed by atoms with Gasteiger partial charge in [0.15, 0.2) is 12.4 Å². The third-order valence-electron chi connectivity index (χ3n) is 18.6. The average Bonchev–Trinajstić information content (AvgIpc) is 0.985. The molecule has 0 fully saturated rings. The fraction of sp³-hybridized carbons (Fsp3) is 0.713. The molecule has 0 amide bonds. The Morgan fingerprint density at radius 1 is 0.291 bits per heavy atom. The Morgan fingerprint density at radius 3 is 0.777 bits per heavy atom. The van der Waals surface area contributed by atoms with Crippen LogP contribution in [0.2, 0.25) is 0 Å². The lowest BCUT2D eigenvalue weighted by Gasteiger charge is -2.26. The van der Waals surface area contributed by atoms with E-state index in [1.54, 1.807) is 0 Å². The predicted molar refractivity (Wildman–Crippen MR) is 444 cm³/mol. The van der Waals surface area contributed by atoms with Crippen molar-refractivity contribution >= 4 is 17.9 Å². The topological polar surface area (TPSA) is 111 Å². The van der Waals surface area contributed by atoms with E-state index in [1.165, 1.54) is 225 Å². The minimum atomic E-state index is -1.63. The van der Waals surface area contributed by atoms with Crippen LogP contribution < -0.4 is 5.11 Å². The van der Waals surface area contributed by atoms with Crippen molar-refractivity contribution in [2.75, 3.05) is 47.5 Å². The number of quaternary nitrogens is 1. The molecule has 2 atom stereocenters. The normalized spacial score (nSPS) is 13.4. The Labute approximate surface area is 636 Å². The highest BCUT2D eigenvalue weighted by molar-refractivity contribution is 5.70. The van der Waals surface area contributed by atoms with Crippen LogP contribution in [0.5, 0.6) is 0 Å². The van der Waals surface area contributed by atoms with Gasteiger partial charge < -0.3 is 33.3 Å².